The van der Waals surface area contributed by atoms with Crippen LogP contribution < -0.4 is 4.72 Å². The first kappa shape index (κ1) is 11.2. The largest absolute Gasteiger partial charge is 0.240 e. The van der Waals surface area contributed by atoms with Crippen molar-refractivity contribution in [1.82, 2.24) is 4.72 Å². The van der Waals surface area contributed by atoms with Crippen LogP contribution in [-0.4, -0.2) is 14.5 Å². The third kappa shape index (κ3) is 2.11. The molecule has 3 nitrogen and oxygen atoms in total. The molecule has 0 amide bonds. The molecule has 2 aliphatic carbocycles. The molecular formula is C13H17NO2S. The lowest BCUT2D eigenvalue weighted by atomic mass is 9.96. The Balaban J connectivity index is 1.77. The maximum atomic E-state index is 12.2. The van der Waals surface area contributed by atoms with E-state index in [-0.39, 0.29) is 6.04 Å². The molecular weight excluding hydrogens is 234 g/mol. The minimum Gasteiger partial charge on any atom is -0.208 e. The second-order valence-corrected chi connectivity index (χ2v) is 6.93. The summed E-state index contributed by atoms with van der Waals surface area (Å²) in [6.07, 6.45) is 4.71. The Bertz CT molecular complexity index is 497. The third-order valence-electron chi connectivity index (χ3n) is 4.10. The van der Waals surface area contributed by atoms with Crippen molar-refractivity contribution < 1.29 is 8.42 Å². The summed E-state index contributed by atoms with van der Waals surface area (Å²) in [5.74, 6) is 1.32. The summed E-state index contributed by atoms with van der Waals surface area (Å²) in [6, 6.07) is 8.81. The number of nitrogens with one attached hydrogen (secondary N) is 1. The van der Waals surface area contributed by atoms with Gasteiger partial charge in [-0.3, -0.25) is 0 Å². The molecule has 2 saturated carbocycles. The van der Waals surface area contributed by atoms with Crippen LogP contribution in [0.25, 0.3) is 0 Å². The molecule has 92 valence electrons. The monoisotopic (exact) mass is 251 g/mol. The Morgan fingerprint density at radius 3 is 2.41 bits per heavy atom. The molecule has 1 aromatic carbocycles. The van der Waals surface area contributed by atoms with Crippen LogP contribution >= 0.6 is 0 Å². The van der Waals surface area contributed by atoms with Crippen LogP contribution in [0.5, 0.6) is 0 Å². The highest BCUT2D eigenvalue weighted by molar-refractivity contribution is 7.89. The van der Waals surface area contributed by atoms with E-state index in [1.165, 1.54) is 19.3 Å². The molecule has 2 aliphatic rings. The molecule has 0 unspecified atom stereocenters. The molecule has 4 heteroatoms. The van der Waals surface area contributed by atoms with Crippen molar-refractivity contribution in [3.63, 3.8) is 0 Å². The van der Waals surface area contributed by atoms with Crippen LogP contribution in [0.3, 0.4) is 0 Å². The van der Waals surface area contributed by atoms with Crippen LogP contribution in [-0.2, 0) is 10.0 Å². The molecule has 2 fully saturated rings. The highest BCUT2D eigenvalue weighted by atomic mass is 32.2. The smallest absolute Gasteiger partial charge is 0.208 e. The van der Waals surface area contributed by atoms with Gasteiger partial charge in [0.25, 0.3) is 0 Å². The predicted octanol–water partition coefficient (Wildman–Crippen LogP) is 2.15. The van der Waals surface area contributed by atoms with E-state index in [0.717, 1.165) is 12.3 Å². The lowest BCUT2D eigenvalue weighted by Crippen LogP contribution is -2.38. The highest BCUT2D eigenvalue weighted by Crippen LogP contribution is 2.44. The van der Waals surface area contributed by atoms with Crippen molar-refractivity contribution in [2.75, 3.05) is 0 Å². The maximum absolute atomic E-state index is 12.2. The number of benzene rings is 1. The topological polar surface area (TPSA) is 46.2 Å². The van der Waals surface area contributed by atoms with Crippen LogP contribution in [0.2, 0.25) is 0 Å². The first-order valence-electron chi connectivity index (χ1n) is 6.22. The predicted molar refractivity (Wildman–Crippen MR) is 66.0 cm³/mol. The number of hydrogen-bond donors (Lipinski definition) is 1. The SMILES string of the molecule is O=S(=O)(N[C@@H]1C[C@H]2CC[C@H]1C2)c1ccccc1. The summed E-state index contributed by atoms with van der Waals surface area (Å²) in [6.45, 7) is 0. The van der Waals surface area contributed by atoms with Gasteiger partial charge in [-0.05, 0) is 43.2 Å². The molecule has 0 aromatic heterocycles. The summed E-state index contributed by atoms with van der Waals surface area (Å²) in [5.41, 5.74) is 0. The third-order valence-corrected chi connectivity index (χ3v) is 5.60. The minimum atomic E-state index is -3.32. The summed E-state index contributed by atoms with van der Waals surface area (Å²) in [5, 5.41) is 0. The molecule has 0 heterocycles. The van der Waals surface area contributed by atoms with Crippen LogP contribution in [0, 0.1) is 11.8 Å². The summed E-state index contributed by atoms with van der Waals surface area (Å²) >= 11 is 0. The lowest BCUT2D eigenvalue weighted by molar-refractivity contribution is 0.390. The van der Waals surface area contributed by atoms with Crippen molar-refractivity contribution in [3.05, 3.63) is 30.3 Å². The van der Waals surface area contributed by atoms with E-state index in [9.17, 15) is 8.42 Å². The summed E-state index contributed by atoms with van der Waals surface area (Å²) in [4.78, 5) is 0.378. The van der Waals surface area contributed by atoms with Gasteiger partial charge in [0, 0.05) is 6.04 Å². The average Bonchev–Trinajstić information content (AvgIpc) is 2.91. The Morgan fingerprint density at radius 2 is 1.82 bits per heavy atom. The molecule has 3 atom stereocenters. The van der Waals surface area contributed by atoms with Crippen LogP contribution in [0.1, 0.15) is 25.7 Å². The quantitative estimate of drug-likeness (QED) is 0.894. The molecule has 0 aliphatic heterocycles. The number of rotatable bonds is 3. The zero-order valence-electron chi connectivity index (χ0n) is 9.67. The van der Waals surface area contributed by atoms with Gasteiger partial charge in [0.15, 0.2) is 0 Å². The van der Waals surface area contributed by atoms with E-state index in [1.807, 2.05) is 6.07 Å². The lowest BCUT2D eigenvalue weighted by Gasteiger charge is -2.22. The standard InChI is InChI=1S/C13H17NO2S/c15-17(16,12-4-2-1-3-5-12)14-13-9-10-6-7-11(13)8-10/h1-5,10-11,13-14H,6-9H2/t10-,11-,13+/m0/s1. The van der Waals surface area contributed by atoms with Crippen LogP contribution in [0.15, 0.2) is 35.2 Å². The second-order valence-electron chi connectivity index (χ2n) is 5.22. The molecule has 1 N–H and O–H groups in total. The molecule has 1 aromatic rings. The van der Waals surface area contributed by atoms with E-state index in [0.29, 0.717) is 10.8 Å². The van der Waals surface area contributed by atoms with Gasteiger partial charge < -0.3 is 0 Å². The first-order valence-corrected chi connectivity index (χ1v) is 7.71. The molecule has 2 bridgehead atoms. The van der Waals surface area contributed by atoms with E-state index in [4.69, 9.17) is 0 Å². The van der Waals surface area contributed by atoms with Gasteiger partial charge in [0.2, 0.25) is 10.0 Å². The van der Waals surface area contributed by atoms with Crippen molar-refractivity contribution in [2.24, 2.45) is 11.8 Å². The Morgan fingerprint density at radius 1 is 1.06 bits per heavy atom. The van der Waals surface area contributed by atoms with Gasteiger partial charge in [-0.15, -0.1) is 0 Å². The van der Waals surface area contributed by atoms with Gasteiger partial charge in [-0.1, -0.05) is 24.6 Å². The normalized spacial score (nSPS) is 31.9. The fraction of sp³-hybridized carbons (Fsp3) is 0.538. The fourth-order valence-corrected chi connectivity index (χ4v) is 4.59. The molecule has 3 rings (SSSR count). The van der Waals surface area contributed by atoms with Gasteiger partial charge in [0.05, 0.1) is 4.90 Å². The number of fused-ring (bicyclic) bond motifs is 2. The van der Waals surface area contributed by atoms with Crippen molar-refractivity contribution in [1.29, 1.82) is 0 Å². The first-order chi connectivity index (χ1) is 8.15. The molecule has 17 heavy (non-hydrogen) atoms. The van der Waals surface area contributed by atoms with Crippen molar-refractivity contribution in [2.45, 2.75) is 36.6 Å². The Labute approximate surface area is 102 Å². The maximum Gasteiger partial charge on any atom is 0.240 e. The zero-order valence-corrected chi connectivity index (χ0v) is 10.5. The highest BCUT2D eigenvalue weighted by Gasteiger charge is 2.41. The van der Waals surface area contributed by atoms with Crippen molar-refractivity contribution >= 4 is 10.0 Å². The average molecular weight is 251 g/mol. The van der Waals surface area contributed by atoms with Gasteiger partial charge in [-0.2, -0.15) is 0 Å². The molecule has 0 spiro atoms. The molecule has 0 radical (unpaired) electrons. The zero-order chi connectivity index (χ0) is 11.9. The summed E-state index contributed by atoms with van der Waals surface area (Å²) in [7, 11) is -3.32. The number of hydrogen-bond acceptors (Lipinski definition) is 2. The van der Waals surface area contributed by atoms with E-state index in [2.05, 4.69) is 4.72 Å². The van der Waals surface area contributed by atoms with Gasteiger partial charge in [0.1, 0.15) is 0 Å². The van der Waals surface area contributed by atoms with Crippen molar-refractivity contribution in [3.8, 4) is 0 Å². The van der Waals surface area contributed by atoms with E-state index in [1.54, 1.807) is 24.3 Å². The van der Waals surface area contributed by atoms with E-state index < -0.39 is 10.0 Å². The van der Waals surface area contributed by atoms with E-state index >= 15 is 0 Å². The Hall–Kier alpha value is -0.870. The van der Waals surface area contributed by atoms with Gasteiger partial charge in [-0.25, -0.2) is 13.1 Å². The second kappa shape index (κ2) is 4.10. The van der Waals surface area contributed by atoms with Crippen LogP contribution in [0.4, 0.5) is 0 Å². The van der Waals surface area contributed by atoms with Gasteiger partial charge >= 0.3 is 0 Å². The molecule has 0 saturated heterocycles. The minimum absolute atomic E-state index is 0.166. The summed E-state index contributed by atoms with van der Waals surface area (Å²) < 4.78 is 27.2. The number of sulfonamides is 1. The Kier molecular flexibility index (Phi) is 2.71. The fourth-order valence-electron chi connectivity index (χ4n) is 3.26.